The normalized spacial score (nSPS) is 11.8. The summed E-state index contributed by atoms with van der Waals surface area (Å²) >= 11 is 1.78. The van der Waals surface area contributed by atoms with E-state index in [1.54, 1.807) is 11.3 Å². The van der Waals surface area contributed by atoms with Crippen molar-refractivity contribution in [2.75, 3.05) is 0 Å². The van der Waals surface area contributed by atoms with E-state index in [-0.39, 0.29) is 0 Å². The molecule has 12 rings (SSSR count). The van der Waals surface area contributed by atoms with Crippen LogP contribution in [0.15, 0.2) is 192 Å². The molecule has 9 aromatic carbocycles. The van der Waals surface area contributed by atoms with Gasteiger partial charge in [0.2, 0.25) is 0 Å². The van der Waals surface area contributed by atoms with Crippen LogP contribution >= 0.6 is 11.3 Å². The van der Waals surface area contributed by atoms with E-state index in [0.29, 0.717) is 17.5 Å². The van der Waals surface area contributed by atoms with Gasteiger partial charge in [0.1, 0.15) is 11.2 Å². The summed E-state index contributed by atoms with van der Waals surface area (Å²) in [4.78, 5) is 15.7. The zero-order chi connectivity index (χ0) is 38.2. The number of thiophene rings is 1. The molecule has 0 aliphatic carbocycles. The van der Waals surface area contributed by atoms with E-state index in [9.17, 15) is 0 Å². The van der Waals surface area contributed by atoms with Gasteiger partial charge in [-0.1, -0.05) is 146 Å². The van der Waals surface area contributed by atoms with Crippen molar-refractivity contribution in [1.82, 2.24) is 15.0 Å². The van der Waals surface area contributed by atoms with Crippen LogP contribution in [0.3, 0.4) is 0 Å². The summed E-state index contributed by atoms with van der Waals surface area (Å²) in [6.45, 7) is 0. The first-order valence-corrected chi connectivity index (χ1v) is 20.2. The van der Waals surface area contributed by atoms with E-state index in [1.807, 2.05) is 18.2 Å². The maximum atomic E-state index is 6.72. The molecule has 0 amide bonds. The monoisotopic (exact) mass is 757 g/mol. The first-order valence-electron chi connectivity index (χ1n) is 19.4. The van der Waals surface area contributed by atoms with Crippen molar-refractivity contribution in [3.05, 3.63) is 188 Å². The Balaban J connectivity index is 1.11. The minimum Gasteiger partial charge on any atom is -0.456 e. The summed E-state index contributed by atoms with van der Waals surface area (Å²) in [5.74, 6) is 1.93. The summed E-state index contributed by atoms with van der Waals surface area (Å²) in [5.41, 5.74) is 9.09. The largest absolute Gasteiger partial charge is 0.456 e. The molecule has 58 heavy (non-hydrogen) atoms. The van der Waals surface area contributed by atoms with Crippen LogP contribution in [0, 0.1) is 0 Å². The van der Waals surface area contributed by atoms with Crippen molar-refractivity contribution in [2.24, 2.45) is 0 Å². The van der Waals surface area contributed by atoms with Crippen LogP contribution in [-0.4, -0.2) is 15.0 Å². The lowest BCUT2D eigenvalue weighted by molar-refractivity contribution is 0.669. The number of nitrogens with zero attached hydrogens (tertiary/aromatic N) is 3. The number of hydrogen-bond acceptors (Lipinski definition) is 5. The third kappa shape index (κ3) is 5.25. The fourth-order valence-electron chi connectivity index (χ4n) is 8.59. The lowest BCUT2D eigenvalue weighted by Crippen LogP contribution is -2.01. The molecular weight excluding hydrogens is 727 g/mol. The van der Waals surface area contributed by atoms with Gasteiger partial charge in [0.15, 0.2) is 17.5 Å². The fourth-order valence-corrected chi connectivity index (χ4v) is 9.80. The van der Waals surface area contributed by atoms with Crippen molar-refractivity contribution in [1.29, 1.82) is 0 Å². The Morgan fingerprint density at radius 1 is 0.345 bits per heavy atom. The van der Waals surface area contributed by atoms with Gasteiger partial charge in [0.05, 0.1) is 0 Å². The van der Waals surface area contributed by atoms with E-state index in [0.717, 1.165) is 77.0 Å². The van der Waals surface area contributed by atoms with E-state index in [4.69, 9.17) is 19.4 Å². The topological polar surface area (TPSA) is 51.8 Å². The number of rotatable bonds is 5. The average Bonchev–Trinajstić information content (AvgIpc) is 3.86. The van der Waals surface area contributed by atoms with Gasteiger partial charge >= 0.3 is 0 Å². The lowest BCUT2D eigenvalue weighted by Gasteiger charge is -2.15. The molecule has 0 bridgehead atoms. The predicted octanol–water partition coefficient (Wildman–Crippen LogP) is 14.8. The molecule has 0 saturated carbocycles. The van der Waals surface area contributed by atoms with Gasteiger partial charge in [-0.2, -0.15) is 0 Å². The highest BCUT2D eigenvalue weighted by Gasteiger charge is 2.21. The van der Waals surface area contributed by atoms with Crippen molar-refractivity contribution in [3.8, 4) is 56.4 Å². The SMILES string of the molecule is c1ccc(-c2cc(-c3ccc(-c4nc(-c5ccccc5)nc(-c5cccc6c5sc5ccccc56)n4)c4ccccc34)c3c(c2)oc2cc4ccccc4cc23)cc1. The van der Waals surface area contributed by atoms with Gasteiger partial charge in [0, 0.05) is 47.6 Å². The van der Waals surface area contributed by atoms with Gasteiger partial charge in [-0.15, -0.1) is 11.3 Å². The van der Waals surface area contributed by atoms with E-state index in [1.165, 1.54) is 25.6 Å². The molecule has 270 valence electrons. The molecule has 0 saturated heterocycles. The van der Waals surface area contributed by atoms with E-state index < -0.39 is 0 Å². The number of hydrogen-bond donors (Lipinski definition) is 0. The second-order valence-electron chi connectivity index (χ2n) is 14.7. The molecular formula is C53H31N3OS. The van der Waals surface area contributed by atoms with Crippen LogP contribution in [0.5, 0.6) is 0 Å². The highest BCUT2D eigenvalue weighted by atomic mass is 32.1. The maximum Gasteiger partial charge on any atom is 0.165 e. The minimum absolute atomic E-state index is 0.633. The quantitative estimate of drug-likeness (QED) is 0.175. The molecule has 12 aromatic rings. The third-order valence-corrected chi connectivity index (χ3v) is 12.5. The first-order chi connectivity index (χ1) is 28.7. The molecule has 0 radical (unpaired) electrons. The zero-order valence-corrected chi connectivity index (χ0v) is 31.9. The second kappa shape index (κ2) is 13.1. The zero-order valence-electron chi connectivity index (χ0n) is 31.1. The molecule has 5 heteroatoms. The van der Waals surface area contributed by atoms with Crippen LogP contribution in [-0.2, 0) is 0 Å². The predicted molar refractivity (Wildman–Crippen MR) is 242 cm³/mol. The molecule has 3 aromatic heterocycles. The van der Waals surface area contributed by atoms with Gasteiger partial charge in [-0.25, -0.2) is 15.0 Å². The van der Waals surface area contributed by atoms with Crippen LogP contribution in [0.4, 0.5) is 0 Å². The Morgan fingerprint density at radius 2 is 0.948 bits per heavy atom. The van der Waals surface area contributed by atoms with E-state index >= 15 is 0 Å². The molecule has 0 fully saturated rings. The van der Waals surface area contributed by atoms with Crippen molar-refractivity contribution in [3.63, 3.8) is 0 Å². The number of fused-ring (bicyclic) bond motifs is 8. The number of aromatic nitrogens is 3. The molecule has 0 N–H and O–H groups in total. The Kier molecular flexibility index (Phi) is 7.37. The smallest absolute Gasteiger partial charge is 0.165 e. The summed E-state index contributed by atoms with van der Waals surface area (Å²) in [6, 6.07) is 66.2. The molecule has 0 atom stereocenters. The van der Waals surface area contributed by atoms with Gasteiger partial charge in [-0.05, 0) is 86.3 Å². The number of benzene rings is 9. The Bertz CT molecular complexity index is 3570. The van der Waals surface area contributed by atoms with Crippen molar-refractivity contribution >= 4 is 75.0 Å². The molecule has 0 unspecified atom stereocenters. The molecule has 0 aliphatic rings. The molecule has 3 heterocycles. The Labute approximate surface area is 337 Å². The second-order valence-corrected chi connectivity index (χ2v) is 15.8. The Morgan fingerprint density at radius 3 is 1.74 bits per heavy atom. The van der Waals surface area contributed by atoms with Crippen LogP contribution in [0.25, 0.3) is 120 Å². The average molecular weight is 758 g/mol. The molecule has 4 nitrogen and oxygen atoms in total. The Hall–Kier alpha value is -7.47. The van der Waals surface area contributed by atoms with Crippen molar-refractivity contribution < 1.29 is 4.42 Å². The molecule has 0 aliphatic heterocycles. The number of furan rings is 1. The third-order valence-electron chi connectivity index (χ3n) is 11.3. The first kappa shape index (κ1) is 32.7. The van der Waals surface area contributed by atoms with Gasteiger partial charge < -0.3 is 4.42 Å². The summed E-state index contributed by atoms with van der Waals surface area (Å²) in [6.07, 6.45) is 0. The summed E-state index contributed by atoms with van der Waals surface area (Å²) in [5, 5.41) is 9.16. The van der Waals surface area contributed by atoms with Crippen LogP contribution in [0.2, 0.25) is 0 Å². The molecule has 0 spiro atoms. The maximum absolute atomic E-state index is 6.72. The highest BCUT2D eigenvalue weighted by Crippen LogP contribution is 2.45. The standard InChI is InChI=1S/C53H31N3OS/c1-3-14-32(15-4-1)36-29-44(49-45-28-34-18-7-8-19-35(34)30-46(45)57-47(49)31-36)39-26-27-42(38-21-10-9-20-37(38)39)52-54-51(33-16-5-2-6-17-33)55-53(56-52)43-24-13-23-41-40-22-11-12-25-48(40)58-50(41)43/h1-31H. The van der Waals surface area contributed by atoms with Crippen LogP contribution < -0.4 is 0 Å². The minimum atomic E-state index is 0.633. The summed E-state index contributed by atoms with van der Waals surface area (Å²) in [7, 11) is 0. The van der Waals surface area contributed by atoms with Gasteiger partial charge in [0.25, 0.3) is 0 Å². The fraction of sp³-hybridized carbons (Fsp3) is 0. The lowest BCUT2D eigenvalue weighted by atomic mass is 9.90. The van der Waals surface area contributed by atoms with Crippen LogP contribution in [0.1, 0.15) is 0 Å². The van der Waals surface area contributed by atoms with Crippen molar-refractivity contribution in [2.45, 2.75) is 0 Å². The summed E-state index contributed by atoms with van der Waals surface area (Å²) < 4.78 is 9.14. The highest BCUT2D eigenvalue weighted by molar-refractivity contribution is 7.26. The van der Waals surface area contributed by atoms with Gasteiger partial charge in [-0.3, -0.25) is 0 Å². The van der Waals surface area contributed by atoms with E-state index in [2.05, 4.69) is 170 Å².